The SMILES string of the molecule is N#Cc1ccc(Cl)c(NC(=O)Cc2ccc(Cl)cc2)c1. The molecule has 0 aliphatic rings. The Bertz CT molecular complexity index is 675. The Morgan fingerprint density at radius 1 is 1.15 bits per heavy atom. The summed E-state index contributed by atoms with van der Waals surface area (Å²) in [4.78, 5) is 11.9. The minimum absolute atomic E-state index is 0.204. The van der Waals surface area contributed by atoms with Gasteiger partial charge in [-0.05, 0) is 35.9 Å². The number of benzene rings is 2. The lowest BCUT2D eigenvalue weighted by molar-refractivity contribution is -0.115. The molecule has 0 saturated carbocycles. The Labute approximate surface area is 126 Å². The molecule has 2 aromatic rings. The number of nitriles is 1. The Balaban J connectivity index is 2.08. The zero-order chi connectivity index (χ0) is 14.5. The van der Waals surface area contributed by atoms with Crippen molar-refractivity contribution in [1.82, 2.24) is 0 Å². The molecule has 0 aliphatic carbocycles. The second-order valence-electron chi connectivity index (χ2n) is 4.16. The number of amides is 1. The highest BCUT2D eigenvalue weighted by atomic mass is 35.5. The summed E-state index contributed by atoms with van der Waals surface area (Å²) in [6.07, 6.45) is 0.213. The van der Waals surface area contributed by atoms with Gasteiger partial charge in [0.25, 0.3) is 0 Å². The molecular weight excluding hydrogens is 295 g/mol. The van der Waals surface area contributed by atoms with Gasteiger partial charge in [0.1, 0.15) is 0 Å². The largest absolute Gasteiger partial charge is 0.324 e. The standard InChI is InChI=1S/C15H10Cl2N2O/c16-12-4-1-10(2-5-12)8-15(20)19-14-7-11(9-18)3-6-13(14)17/h1-7H,8H2,(H,19,20). The van der Waals surface area contributed by atoms with Crippen molar-refractivity contribution in [1.29, 1.82) is 5.26 Å². The molecule has 0 aliphatic heterocycles. The molecular formula is C15H10Cl2N2O. The van der Waals surface area contributed by atoms with Crippen LogP contribution < -0.4 is 5.32 Å². The number of anilines is 1. The Morgan fingerprint density at radius 2 is 1.85 bits per heavy atom. The van der Waals surface area contributed by atoms with Crippen molar-refractivity contribution in [2.75, 3.05) is 5.32 Å². The van der Waals surface area contributed by atoms with Crippen molar-refractivity contribution >= 4 is 34.8 Å². The highest BCUT2D eigenvalue weighted by Gasteiger charge is 2.08. The molecule has 5 heteroatoms. The first-order chi connectivity index (χ1) is 9.58. The number of halogens is 2. The average molecular weight is 305 g/mol. The fourth-order valence-electron chi connectivity index (χ4n) is 1.67. The van der Waals surface area contributed by atoms with Gasteiger partial charge in [-0.15, -0.1) is 0 Å². The first-order valence-electron chi connectivity index (χ1n) is 5.82. The van der Waals surface area contributed by atoms with Crippen LogP contribution in [0.15, 0.2) is 42.5 Å². The summed E-state index contributed by atoms with van der Waals surface area (Å²) < 4.78 is 0. The van der Waals surface area contributed by atoms with Gasteiger partial charge in [0, 0.05) is 5.02 Å². The summed E-state index contributed by atoms with van der Waals surface area (Å²) in [5, 5.41) is 12.5. The summed E-state index contributed by atoms with van der Waals surface area (Å²) in [5.41, 5.74) is 1.72. The van der Waals surface area contributed by atoms with E-state index in [-0.39, 0.29) is 12.3 Å². The molecule has 2 aromatic carbocycles. The molecule has 0 heterocycles. The first-order valence-corrected chi connectivity index (χ1v) is 6.58. The molecule has 0 atom stereocenters. The molecule has 100 valence electrons. The van der Waals surface area contributed by atoms with E-state index in [0.717, 1.165) is 5.56 Å². The smallest absolute Gasteiger partial charge is 0.228 e. The predicted molar refractivity (Wildman–Crippen MR) is 80.0 cm³/mol. The van der Waals surface area contributed by atoms with Crippen LogP contribution >= 0.6 is 23.2 Å². The maximum absolute atomic E-state index is 11.9. The van der Waals surface area contributed by atoms with Gasteiger partial charge < -0.3 is 5.32 Å². The molecule has 3 nitrogen and oxygen atoms in total. The average Bonchev–Trinajstić information content (AvgIpc) is 2.44. The van der Waals surface area contributed by atoms with E-state index in [9.17, 15) is 4.79 Å². The number of rotatable bonds is 3. The van der Waals surface area contributed by atoms with E-state index in [1.54, 1.807) is 42.5 Å². The van der Waals surface area contributed by atoms with Crippen molar-refractivity contribution in [3.05, 3.63) is 63.6 Å². The molecule has 0 fully saturated rings. The molecule has 1 N–H and O–H groups in total. The van der Waals surface area contributed by atoms with Crippen molar-refractivity contribution in [2.45, 2.75) is 6.42 Å². The summed E-state index contributed by atoms with van der Waals surface area (Å²) >= 11 is 11.8. The molecule has 1 amide bonds. The van der Waals surface area contributed by atoms with Crippen LogP contribution in [0.1, 0.15) is 11.1 Å². The maximum atomic E-state index is 11.9. The molecule has 20 heavy (non-hydrogen) atoms. The molecule has 2 rings (SSSR count). The van der Waals surface area contributed by atoms with Crippen molar-refractivity contribution in [3.63, 3.8) is 0 Å². The fourth-order valence-corrected chi connectivity index (χ4v) is 1.96. The lowest BCUT2D eigenvalue weighted by atomic mass is 10.1. The molecule has 0 saturated heterocycles. The van der Waals surface area contributed by atoms with E-state index in [2.05, 4.69) is 5.32 Å². The predicted octanol–water partition coefficient (Wildman–Crippen LogP) is 4.05. The van der Waals surface area contributed by atoms with Gasteiger partial charge in [-0.1, -0.05) is 35.3 Å². The van der Waals surface area contributed by atoms with E-state index >= 15 is 0 Å². The Hall–Kier alpha value is -2.02. The van der Waals surface area contributed by atoms with Crippen LogP contribution in [0.3, 0.4) is 0 Å². The minimum atomic E-state index is -0.204. The second-order valence-corrected chi connectivity index (χ2v) is 5.00. The summed E-state index contributed by atoms with van der Waals surface area (Å²) in [7, 11) is 0. The van der Waals surface area contributed by atoms with Crippen molar-refractivity contribution in [2.24, 2.45) is 0 Å². The quantitative estimate of drug-likeness (QED) is 0.930. The van der Waals surface area contributed by atoms with E-state index in [0.29, 0.717) is 21.3 Å². The van der Waals surface area contributed by atoms with Gasteiger partial charge >= 0.3 is 0 Å². The summed E-state index contributed by atoms with van der Waals surface area (Å²) in [5.74, 6) is -0.204. The number of carbonyl (C=O) groups is 1. The van der Waals surface area contributed by atoms with Crippen LogP contribution in [-0.2, 0) is 11.2 Å². The Morgan fingerprint density at radius 3 is 2.50 bits per heavy atom. The Kier molecular flexibility index (Phi) is 4.62. The highest BCUT2D eigenvalue weighted by Crippen LogP contribution is 2.23. The van der Waals surface area contributed by atoms with Gasteiger partial charge in [0.15, 0.2) is 0 Å². The number of nitrogens with zero attached hydrogens (tertiary/aromatic N) is 1. The van der Waals surface area contributed by atoms with Gasteiger partial charge in [0.2, 0.25) is 5.91 Å². The summed E-state index contributed by atoms with van der Waals surface area (Å²) in [6.45, 7) is 0. The third-order valence-electron chi connectivity index (χ3n) is 2.65. The van der Waals surface area contributed by atoms with Crippen molar-refractivity contribution < 1.29 is 4.79 Å². The van der Waals surface area contributed by atoms with Crippen LogP contribution in [0, 0.1) is 11.3 Å². The zero-order valence-electron chi connectivity index (χ0n) is 10.4. The van der Waals surface area contributed by atoms with E-state index in [1.165, 1.54) is 0 Å². The zero-order valence-corrected chi connectivity index (χ0v) is 11.9. The lowest BCUT2D eigenvalue weighted by Gasteiger charge is -2.07. The van der Waals surface area contributed by atoms with Crippen LogP contribution in [0.25, 0.3) is 0 Å². The van der Waals surface area contributed by atoms with Crippen LogP contribution in [0.2, 0.25) is 10.0 Å². The first kappa shape index (κ1) is 14.4. The maximum Gasteiger partial charge on any atom is 0.228 e. The molecule has 0 radical (unpaired) electrons. The molecule has 0 bridgehead atoms. The monoisotopic (exact) mass is 304 g/mol. The van der Waals surface area contributed by atoms with Crippen LogP contribution in [-0.4, -0.2) is 5.91 Å². The molecule has 0 unspecified atom stereocenters. The fraction of sp³-hybridized carbons (Fsp3) is 0.0667. The third kappa shape index (κ3) is 3.74. The normalized spacial score (nSPS) is 9.85. The number of nitrogens with one attached hydrogen (secondary N) is 1. The number of carbonyl (C=O) groups excluding carboxylic acids is 1. The summed E-state index contributed by atoms with van der Waals surface area (Å²) in [6, 6.07) is 13.8. The van der Waals surface area contributed by atoms with E-state index in [1.807, 2.05) is 6.07 Å². The molecule has 0 aromatic heterocycles. The second kappa shape index (κ2) is 6.42. The van der Waals surface area contributed by atoms with Gasteiger partial charge in [-0.2, -0.15) is 5.26 Å². The van der Waals surface area contributed by atoms with Gasteiger partial charge in [0.05, 0.1) is 28.8 Å². The van der Waals surface area contributed by atoms with Crippen LogP contribution in [0.4, 0.5) is 5.69 Å². The topological polar surface area (TPSA) is 52.9 Å². The van der Waals surface area contributed by atoms with Crippen LogP contribution in [0.5, 0.6) is 0 Å². The van der Waals surface area contributed by atoms with E-state index < -0.39 is 0 Å². The van der Waals surface area contributed by atoms with E-state index in [4.69, 9.17) is 28.5 Å². The number of hydrogen-bond donors (Lipinski definition) is 1. The third-order valence-corrected chi connectivity index (χ3v) is 3.23. The van der Waals surface area contributed by atoms with Gasteiger partial charge in [-0.25, -0.2) is 0 Å². The highest BCUT2D eigenvalue weighted by molar-refractivity contribution is 6.33. The van der Waals surface area contributed by atoms with Crippen molar-refractivity contribution in [3.8, 4) is 6.07 Å². The van der Waals surface area contributed by atoms with Gasteiger partial charge in [-0.3, -0.25) is 4.79 Å². The number of hydrogen-bond acceptors (Lipinski definition) is 2. The molecule has 0 spiro atoms. The lowest BCUT2D eigenvalue weighted by Crippen LogP contribution is -2.14. The minimum Gasteiger partial charge on any atom is -0.324 e.